The van der Waals surface area contributed by atoms with Gasteiger partial charge in [-0.2, -0.15) is 0 Å². The number of aliphatic hydroxyl groups is 1. The van der Waals surface area contributed by atoms with Crippen molar-refractivity contribution < 1.29 is 24.2 Å². The van der Waals surface area contributed by atoms with Crippen LogP contribution in [0.5, 0.6) is 11.5 Å². The van der Waals surface area contributed by atoms with Crippen molar-refractivity contribution in [3.63, 3.8) is 0 Å². The number of likely N-dealkylation sites (tertiary alicyclic amines) is 1. The van der Waals surface area contributed by atoms with Gasteiger partial charge in [0, 0.05) is 18.5 Å². The Balaban J connectivity index is 1.41. The number of hydrogen-bond donors (Lipinski definition) is 1. The number of Topliss-reactive ketones (excluding diaryl/α,β-unsaturated/α-hetero) is 1. The van der Waals surface area contributed by atoms with E-state index in [1.165, 1.54) is 4.90 Å². The van der Waals surface area contributed by atoms with Crippen LogP contribution < -0.4 is 9.47 Å². The third kappa shape index (κ3) is 4.96. The van der Waals surface area contributed by atoms with E-state index in [1.54, 1.807) is 12.1 Å². The minimum atomic E-state index is -0.788. The lowest BCUT2D eigenvalue weighted by Gasteiger charge is -2.26. The van der Waals surface area contributed by atoms with Gasteiger partial charge in [0.25, 0.3) is 11.7 Å². The highest BCUT2D eigenvalue weighted by Crippen LogP contribution is 2.42. The van der Waals surface area contributed by atoms with Crippen molar-refractivity contribution in [2.45, 2.75) is 38.6 Å². The van der Waals surface area contributed by atoms with Crippen molar-refractivity contribution in [1.82, 2.24) is 4.90 Å². The number of hydrogen-bond acceptors (Lipinski definition) is 5. The molecule has 0 bridgehead atoms. The molecular formula is C34H29NO5. The number of nitrogens with zero attached hydrogens (tertiary/aromatic N) is 1. The van der Waals surface area contributed by atoms with Crippen molar-refractivity contribution in [3.8, 4) is 11.5 Å². The average Bonchev–Trinajstić information content (AvgIpc) is 3.48. The van der Waals surface area contributed by atoms with Gasteiger partial charge in [-0.25, -0.2) is 0 Å². The predicted molar refractivity (Wildman–Crippen MR) is 152 cm³/mol. The lowest BCUT2D eigenvalue weighted by atomic mass is 9.94. The number of amides is 1. The first-order valence-electron chi connectivity index (χ1n) is 13.4. The Labute approximate surface area is 233 Å². The molecule has 200 valence electrons. The fraction of sp³-hybridized carbons (Fsp3) is 0.176. The fourth-order valence-electron chi connectivity index (χ4n) is 5.41. The van der Waals surface area contributed by atoms with Crippen LogP contribution in [0.15, 0.2) is 109 Å². The van der Waals surface area contributed by atoms with Crippen LogP contribution in [-0.4, -0.2) is 27.8 Å². The zero-order valence-electron chi connectivity index (χ0n) is 22.1. The molecule has 0 unspecified atom stereocenters. The van der Waals surface area contributed by atoms with Gasteiger partial charge in [-0.3, -0.25) is 9.59 Å². The molecule has 0 radical (unpaired) electrons. The highest BCUT2D eigenvalue weighted by atomic mass is 16.5. The molecule has 1 fully saturated rings. The number of carbonyl (C=O) groups excluding carboxylic acids is 2. The second-order valence-corrected chi connectivity index (χ2v) is 10.2. The number of benzene rings is 4. The molecule has 2 aliphatic heterocycles. The second-order valence-electron chi connectivity index (χ2n) is 10.2. The van der Waals surface area contributed by atoms with Crippen LogP contribution in [0.1, 0.15) is 40.8 Å². The van der Waals surface area contributed by atoms with Gasteiger partial charge in [-0.05, 0) is 59.5 Å². The van der Waals surface area contributed by atoms with Gasteiger partial charge < -0.3 is 19.5 Å². The number of aliphatic hydroxyl groups excluding tert-OH is 1. The highest BCUT2D eigenvalue weighted by Gasteiger charge is 2.46. The van der Waals surface area contributed by atoms with E-state index in [0.29, 0.717) is 29.9 Å². The molecule has 0 saturated carbocycles. The summed E-state index contributed by atoms with van der Waals surface area (Å²) in [5.74, 6) is -0.177. The Hall–Kier alpha value is -4.84. The van der Waals surface area contributed by atoms with Gasteiger partial charge in [-0.15, -0.1) is 0 Å². The summed E-state index contributed by atoms with van der Waals surface area (Å²) in [5.41, 5.74) is 4.10. The summed E-state index contributed by atoms with van der Waals surface area (Å²) in [4.78, 5) is 28.5. The molecule has 0 aromatic heterocycles. The Morgan fingerprint density at radius 1 is 0.900 bits per heavy atom. The molecule has 0 aliphatic carbocycles. The van der Waals surface area contributed by atoms with E-state index >= 15 is 0 Å². The summed E-state index contributed by atoms with van der Waals surface area (Å²) in [6, 6.07) is 31.3. The van der Waals surface area contributed by atoms with Crippen molar-refractivity contribution in [2.75, 3.05) is 0 Å². The van der Waals surface area contributed by atoms with Gasteiger partial charge in [-0.1, -0.05) is 72.8 Å². The van der Waals surface area contributed by atoms with E-state index in [2.05, 4.69) is 0 Å². The normalized spacial score (nSPS) is 19.4. The van der Waals surface area contributed by atoms with E-state index < -0.39 is 17.7 Å². The lowest BCUT2D eigenvalue weighted by Crippen LogP contribution is -2.29. The first-order valence-corrected chi connectivity index (χ1v) is 13.4. The van der Waals surface area contributed by atoms with Crippen LogP contribution in [0.25, 0.3) is 5.76 Å². The molecule has 2 heterocycles. The summed E-state index contributed by atoms with van der Waals surface area (Å²) in [6.07, 6.45) is 0.755. The first kappa shape index (κ1) is 25.4. The third-order valence-electron chi connectivity index (χ3n) is 7.33. The highest BCUT2D eigenvalue weighted by molar-refractivity contribution is 6.46. The van der Waals surface area contributed by atoms with Crippen LogP contribution in [0.4, 0.5) is 0 Å². The maximum atomic E-state index is 13.5. The zero-order chi connectivity index (χ0) is 27.6. The Morgan fingerprint density at radius 2 is 1.62 bits per heavy atom. The van der Waals surface area contributed by atoms with Crippen molar-refractivity contribution in [1.29, 1.82) is 0 Å². The smallest absolute Gasteiger partial charge is 0.295 e. The number of ether oxygens (including phenoxy) is 2. The van der Waals surface area contributed by atoms with E-state index in [1.807, 2.05) is 97.9 Å². The first-order chi connectivity index (χ1) is 19.5. The molecule has 0 spiro atoms. The van der Waals surface area contributed by atoms with Crippen LogP contribution in [0.3, 0.4) is 0 Å². The molecule has 2 atom stereocenters. The number of ketones is 1. The molecular weight excluding hydrogens is 502 g/mol. The van der Waals surface area contributed by atoms with Crippen LogP contribution in [0.2, 0.25) is 0 Å². The summed E-state index contributed by atoms with van der Waals surface area (Å²) < 4.78 is 11.9. The minimum Gasteiger partial charge on any atom is -0.507 e. The maximum absolute atomic E-state index is 13.5. The lowest BCUT2D eigenvalue weighted by molar-refractivity contribution is -0.140. The molecule has 6 nitrogen and oxygen atoms in total. The standard InChI is InChI=1S/C34H29NO5/c1-22-17-27-18-26(15-16-29(27)40-22)32(36)30-31(35(34(38)33(30)37)20-23-9-4-2-5-10-23)25-13-8-14-28(19-25)39-21-24-11-6-3-7-12-24/h2-16,18-19,22,31,36H,17,20-21H2,1H3/t22-,31+/m1/s1. The average molecular weight is 532 g/mol. The van der Waals surface area contributed by atoms with E-state index in [-0.39, 0.29) is 24.0 Å². The minimum absolute atomic E-state index is 0.0440. The van der Waals surface area contributed by atoms with E-state index in [0.717, 1.165) is 22.4 Å². The molecule has 1 saturated heterocycles. The Bertz CT molecular complexity index is 1600. The summed E-state index contributed by atoms with van der Waals surface area (Å²) in [5, 5.41) is 11.6. The van der Waals surface area contributed by atoms with E-state index in [9.17, 15) is 14.7 Å². The van der Waals surface area contributed by atoms with Crippen molar-refractivity contribution in [2.24, 2.45) is 0 Å². The Morgan fingerprint density at radius 3 is 2.38 bits per heavy atom. The maximum Gasteiger partial charge on any atom is 0.295 e. The molecule has 1 N–H and O–H groups in total. The van der Waals surface area contributed by atoms with Crippen molar-refractivity contribution in [3.05, 3.63) is 137 Å². The monoisotopic (exact) mass is 531 g/mol. The van der Waals surface area contributed by atoms with Crippen LogP contribution in [0, 0.1) is 0 Å². The zero-order valence-corrected chi connectivity index (χ0v) is 22.1. The topological polar surface area (TPSA) is 76.1 Å². The number of rotatable bonds is 7. The molecule has 4 aromatic rings. The third-order valence-corrected chi connectivity index (χ3v) is 7.33. The number of carbonyl (C=O) groups is 2. The molecule has 1 amide bonds. The Kier molecular flexibility index (Phi) is 6.83. The van der Waals surface area contributed by atoms with Gasteiger partial charge >= 0.3 is 0 Å². The summed E-state index contributed by atoms with van der Waals surface area (Å²) >= 11 is 0. The quantitative estimate of drug-likeness (QED) is 0.174. The van der Waals surface area contributed by atoms with Crippen molar-refractivity contribution >= 4 is 17.4 Å². The molecule has 40 heavy (non-hydrogen) atoms. The molecule has 6 heteroatoms. The fourth-order valence-corrected chi connectivity index (χ4v) is 5.41. The van der Waals surface area contributed by atoms with Gasteiger partial charge in [0.1, 0.15) is 30.0 Å². The van der Waals surface area contributed by atoms with Gasteiger partial charge in [0.05, 0.1) is 11.6 Å². The molecule has 4 aromatic carbocycles. The molecule has 2 aliphatic rings. The van der Waals surface area contributed by atoms with Crippen LogP contribution >= 0.6 is 0 Å². The van der Waals surface area contributed by atoms with Gasteiger partial charge in [0.15, 0.2) is 0 Å². The molecule has 6 rings (SSSR count). The summed E-state index contributed by atoms with van der Waals surface area (Å²) in [6.45, 7) is 2.59. The van der Waals surface area contributed by atoms with Crippen LogP contribution in [-0.2, 0) is 29.2 Å². The SMILES string of the molecule is C[C@@H]1Cc2cc(C(O)=C3C(=O)C(=O)N(Cc4ccccc4)[C@H]3c3cccc(OCc4ccccc4)c3)ccc2O1. The summed E-state index contributed by atoms with van der Waals surface area (Å²) in [7, 11) is 0. The predicted octanol–water partition coefficient (Wildman–Crippen LogP) is 6.21. The number of fused-ring (bicyclic) bond motifs is 1. The second kappa shape index (κ2) is 10.7. The van der Waals surface area contributed by atoms with E-state index in [4.69, 9.17) is 9.47 Å². The van der Waals surface area contributed by atoms with Gasteiger partial charge in [0.2, 0.25) is 0 Å². The largest absolute Gasteiger partial charge is 0.507 e.